The third-order valence-electron chi connectivity index (χ3n) is 5.80. The summed E-state index contributed by atoms with van der Waals surface area (Å²) in [4.78, 5) is 25.9. The molecule has 0 radical (unpaired) electrons. The number of hydrogen-bond donors (Lipinski definition) is 0. The second-order valence-electron chi connectivity index (χ2n) is 7.65. The fourth-order valence-corrected chi connectivity index (χ4v) is 3.92. The molecule has 2 aliphatic rings. The average Bonchev–Trinajstić information content (AvgIpc) is 3.06. The minimum Gasteiger partial charge on any atom is -0.474 e. The number of ether oxygens (including phenoxy) is 1. The van der Waals surface area contributed by atoms with Gasteiger partial charge in [0, 0.05) is 44.7 Å². The third-order valence-corrected chi connectivity index (χ3v) is 5.80. The van der Waals surface area contributed by atoms with Crippen LogP contribution in [0.15, 0.2) is 36.7 Å². The van der Waals surface area contributed by atoms with Crippen molar-refractivity contribution in [2.45, 2.75) is 25.4 Å². The summed E-state index contributed by atoms with van der Waals surface area (Å²) in [6.45, 7) is 2.73. The van der Waals surface area contributed by atoms with E-state index in [1.54, 1.807) is 11.0 Å². The quantitative estimate of drug-likeness (QED) is 0.678. The summed E-state index contributed by atoms with van der Waals surface area (Å²) in [7, 11) is 1.83. The fraction of sp³-hybridized carbons (Fsp3) is 0.429. The molecule has 1 saturated heterocycles. The Bertz CT molecular complexity index is 1040. The van der Waals surface area contributed by atoms with Gasteiger partial charge in [-0.25, -0.2) is 9.97 Å². The van der Waals surface area contributed by atoms with Crippen molar-refractivity contribution in [1.82, 2.24) is 24.6 Å². The van der Waals surface area contributed by atoms with Crippen LogP contribution in [0.5, 0.6) is 5.88 Å². The number of rotatable bonds is 4. The number of carbonyl (C=O) groups excluding carboxylic acids is 1. The Balaban J connectivity index is 1.27. The summed E-state index contributed by atoms with van der Waals surface area (Å²) in [6, 6.07) is 9.67. The predicted molar refractivity (Wildman–Crippen MR) is 109 cm³/mol. The first-order valence-electron chi connectivity index (χ1n) is 10.1. The lowest BCUT2D eigenvalue weighted by atomic mass is 9.96. The number of anilines is 1. The van der Waals surface area contributed by atoms with Gasteiger partial charge in [-0.2, -0.15) is 5.10 Å². The second kappa shape index (κ2) is 7.35. The minimum absolute atomic E-state index is 0.0255. The Hall–Kier alpha value is -3.16. The zero-order valence-corrected chi connectivity index (χ0v) is 16.5. The molecule has 5 rings (SSSR count). The largest absolute Gasteiger partial charge is 0.474 e. The van der Waals surface area contributed by atoms with Crippen LogP contribution in [0.4, 0.5) is 5.82 Å². The summed E-state index contributed by atoms with van der Waals surface area (Å²) in [5, 5.41) is 5.36. The van der Waals surface area contributed by atoms with Crippen LogP contribution in [0.25, 0.3) is 10.9 Å². The highest BCUT2D eigenvalue weighted by atomic mass is 16.5. The maximum atomic E-state index is 13.2. The van der Waals surface area contributed by atoms with Gasteiger partial charge >= 0.3 is 0 Å². The number of carbonyl (C=O) groups is 1. The van der Waals surface area contributed by atoms with E-state index < -0.39 is 0 Å². The van der Waals surface area contributed by atoms with Gasteiger partial charge in [0.2, 0.25) is 5.88 Å². The first-order chi connectivity index (χ1) is 14.2. The number of aromatic nitrogens is 4. The molecule has 1 aromatic carbocycles. The molecule has 0 spiro atoms. The van der Waals surface area contributed by atoms with Gasteiger partial charge in [0.05, 0.1) is 5.52 Å². The van der Waals surface area contributed by atoms with E-state index in [2.05, 4.69) is 20.0 Å². The van der Waals surface area contributed by atoms with Crippen LogP contribution in [-0.4, -0.2) is 62.8 Å². The molecule has 3 heterocycles. The molecule has 2 fully saturated rings. The molecule has 150 valence electrons. The minimum atomic E-state index is 0.0255. The molecule has 0 unspecified atom stereocenters. The SMILES string of the molecule is Cn1nc2ccccc2c1C(=O)N1CCN(c2cc(OC3CCC3)ncn2)CC1. The first kappa shape index (κ1) is 17.9. The zero-order chi connectivity index (χ0) is 19.8. The molecular formula is C21H24N6O2. The summed E-state index contributed by atoms with van der Waals surface area (Å²) in [5.74, 6) is 1.52. The van der Waals surface area contributed by atoms with Crippen molar-refractivity contribution < 1.29 is 9.53 Å². The van der Waals surface area contributed by atoms with Gasteiger partial charge in [-0.05, 0) is 25.3 Å². The van der Waals surface area contributed by atoms with Crippen molar-refractivity contribution in [2.24, 2.45) is 7.05 Å². The van der Waals surface area contributed by atoms with E-state index in [-0.39, 0.29) is 5.91 Å². The molecule has 8 heteroatoms. The Morgan fingerprint density at radius 1 is 1.10 bits per heavy atom. The van der Waals surface area contributed by atoms with Gasteiger partial charge in [0.15, 0.2) is 0 Å². The number of amides is 1. The van der Waals surface area contributed by atoms with Crippen molar-refractivity contribution in [1.29, 1.82) is 0 Å². The molecule has 0 atom stereocenters. The number of aryl methyl sites for hydroxylation is 1. The average molecular weight is 392 g/mol. The molecule has 1 amide bonds. The summed E-state index contributed by atoms with van der Waals surface area (Å²) in [5.41, 5.74) is 1.49. The molecule has 2 aromatic heterocycles. The normalized spacial score (nSPS) is 17.4. The lowest BCUT2D eigenvalue weighted by molar-refractivity contribution is 0.0737. The van der Waals surface area contributed by atoms with E-state index in [1.165, 1.54) is 6.42 Å². The van der Waals surface area contributed by atoms with Crippen molar-refractivity contribution in [3.05, 3.63) is 42.4 Å². The van der Waals surface area contributed by atoms with Crippen LogP contribution in [0.2, 0.25) is 0 Å². The van der Waals surface area contributed by atoms with Gasteiger partial charge in [-0.1, -0.05) is 18.2 Å². The van der Waals surface area contributed by atoms with Gasteiger partial charge in [-0.3, -0.25) is 9.48 Å². The number of benzene rings is 1. The lowest BCUT2D eigenvalue weighted by Gasteiger charge is -2.35. The maximum Gasteiger partial charge on any atom is 0.272 e. The molecule has 3 aromatic rings. The van der Waals surface area contributed by atoms with Crippen molar-refractivity contribution in [2.75, 3.05) is 31.1 Å². The smallest absolute Gasteiger partial charge is 0.272 e. The van der Waals surface area contributed by atoms with Crippen molar-refractivity contribution >= 4 is 22.6 Å². The van der Waals surface area contributed by atoms with E-state index in [0.717, 1.165) is 42.7 Å². The van der Waals surface area contributed by atoms with Crippen LogP contribution < -0.4 is 9.64 Å². The first-order valence-corrected chi connectivity index (χ1v) is 10.1. The van der Waals surface area contributed by atoms with Gasteiger partial charge < -0.3 is 14.5 Å². The highest BCUT2D eigenvalue weighted by molar-refractivity contribution is 6.05. The van der Waals surface area contributed by atoms with Crippen LogP contribution in [0.3, 0.4) is 0 Å². The molecule has 0 N–H and O–H groups in total. The van der Waals surface area contributed by atoms with Crippen molar-refractivity contribution in [3.63, 3.8) is 0 Å². The molecule has 8 nitrogen and oxygen atoms in total. The maximum absolute atomic E-state index is 13.2. The van der Waals surface area contributed by atoms with E-state index in [4.69, 9.17) is 4.74 Å². The molecule has 0 bridgehead atoms. The monoisotopic (exact) mass is 392 g/mol. The Morgan fingerprint density at radius 2 is 1.90 bits per heavy atom. The molecule has 1 saturated carbocycles. The van der Waals surface area contributed by atoms with E-state index >= 15 is 0 Å². The van der Waals surface area contributed by atoms with Gasteiger partial charge in [0.1, 0.15) is 23.9 Å². The highest BCUT2D eigenvalue weighted by Crippen LogP contribution is 2.26. The Morgan fingerprint density at radius 3 is 2.66 bits per heavy atom. The Kier molecular flexibility index (Phi) is 4.54. The zero-order valence-electron chi connectivity index (χ0n) is 16.5. The molecule has 1 aliphatic carbocycles. The van der Waals surface area contributed by atoms with Gasteiger partial charge in [-0.15, -0.1) is 0 Å². The predicted octanol–water partition coefficient (Wildman–Crippen LogP) is 2.26. The summed E-state index contributed by atoms with van der Waals surface area (Å²) in [6.07, 6.45) is 5.28. The van der Waals surface area contributed by atoms with E-state index in [9.17, 15) is 4.79 Å². The molecule has 1 aliphatic heterocycles. The van der Waals surface area contributed by atoms with Crippen LogP contribution in [0, 0.1) is 0 Å². The van der Waals surface area contributed by atoms with E-state index in [1.807, 2.05) is 42.3 Å². The van der Waals surface area contributed by atoms with Gasteiger partial charge in [0.25, 0.3) is 5.91 Å². The lowest BCUT2D eigenvalue weighted by Crippen LogP contribution is -2.49. The number of fused-ring (bicyclic) bond motifs is 1. The van der Waals surface area contributed by atoms with Crippen LogP contribution in [0.1, 0.15) is 29.8 Å². The number of hydrogen-bond acceptors (Lipinski definition) is 6. The second-order valence-corrected chi connectivity index (χ2v) is 7.65. The third kappa shape index (κ3) is 3.39. The summed E-state index contributed by atoms with van der Waals surface area (Å²) < 4.78 is 7.58. The fourth-order valence-electron chi connectivity index (χ4n) is 3.92. The van der Waals surface area contributed by atoms with Crippen LogP contribution in [-0.2, 0) is 7.05 Å². The summed E-state index contributed by atoms with van der Waals surface area (Å²) >= 11 is 0. The highest BCUT2D eigenvalue weighted by Gasteiger charge is 2.27. The van der Waals surface area contributed by atoms with E-state index in [0.29, 0.717) is 30.8 Å². The van der Waals surface area contributed by atoms with Crippen LogP contribution >= 0.6 is 0 Å². The number of piperazine rings is 1. The standard InChI is InChI=1S/C21H24N6O2/c1-25-20(16-7-2-3-8-17(16)24-25)21(28)27-11-9-26(10-12-27)18-13-19(23-14-22-18)29-15-5-4-6-15/h2-3,7-8,13-15H,4-6,9-12H2,1H3. The van der Waals surface area contributed by atoms with Crippen molar-refractivity contribution in [3.8, 4) is 5.88 Å². The molecule has 29 heavy (non-hydrogen) atoms. The topological polar surface area (TPSA) is 76.4 Å². The number of nitrogens with zero attached hydrogens (tertiary/aromatic N) is 6. The Labute approximate surface area is 169 Å². The molecular weight excluding hydrogens is 368 g/mol.